The second-order valence-corrected chi connectivity index (χ2v) is 3.70. The lowest BCUT2D eigenvalue weighted by molar-refractivity contribution is -0.135. The van der Waals surface area contributed by atoms with E-state index in [1.165, 1.54) is 24.3 Å². The Kier molecular flexibility index (Phi) is 5.11. The number of phenolic OH excluding ortho intramolecular Hbond substituents is 2. The average Bonchev–Trinajstić information content (AvgIpc) is 2.38. The Balaban J connectivity index is 2.66. The average molecular weight is 276 g/mol. The molecule has 0 unspecified atom stereocenters. The molecule has 1 aromatic rings. The van der Waals surface area contributed by atoms with Gasteiger partial charge in [-0.1, -0.05) is 24.3 Å². The first-order chi connectivity index (χ1) is 9.40. The molecule has 0 aliphatic rings. The number of phenols is 2. The maximum Gasteiger partial charge on any atom is 0.371 e. The first kappa shape index (κ1) is 15.0. The van der Waals surface area contributed by atoms with Gasteiger partial charge in [0.1, 0.15) is 0 Å². The number of aromatic hydroxyl groups is 2. The molecule has 0 fully saturated rings. The first-order valence-corrected chi connectivity index (χ1v) is 5.45. The van der Waals surface area contributed by atoms with Gasteiger partial charge in [0.15, 0.2) is 17.3 Å². The normalized spacial score (nSPS) is 12.1. The minimum atomic E-state index is -1.58. The van der Waals surface area contributed by atoms with Gasteiger partial charge in [-0.3, -0.25) is 4.79 Å². The number of carboxylic acids is 1. The summed E-state index contributed by atoms with van der Waals surface area (Å²) < 4.78 is 0. The SMILES string of the molecule is O=C(/C=C/C=Cc1ccc(O)c(O)c1)/C=C(/O)C(=O)O. The third-order valence-corrected chi connectivity index (χ3v) is 2.16. The highest BCUT2D eigenvalue weighted by Gasteiger charge is 2.04. The van der Waals surface area contributed by atoms with Gasteiger partial charge in [0.05, 0.1) is 0 Å². The standard InChI is InChI=1S/C14H12O6/c15-10(8-13(18)14(19)20)4-2-1-3-9-5-6-11(16)12(17)7-9/h1-8,16-18H,(H,19,20)/b3-1?,4-2+,13-8+. The summed E-state index contributed by atoms with van der Waals surface area (Å²) in [5.74, 6) is -3.79. The van der Waals surface area contributed by atoms with Crippen LogP contribution in [0.25, 0.3) is 6.08 Å². The van der Waals surface area contributed by atoms with Crippen molar-refractivity contribution in [2.45, 2.75) is 0 Å². The maximum atomic E-state index is 11.2. The Labute approximate surface area is 114 Å². The number of ketones is 1. The fourth-order valence-electron chi connectivity index (χ4n) is 1.21. The quantitative estimate of drug-likeness (QED) is 0.282. The van der Waals surface area contributed by atoms with Crippen molar-refractivity contribution in [3.05, 3.63) is 53.8 Å². The predicted molar refractivity (Wildman–Crippen MR) is 71.3 cm³/mol. The molecule has 0 heterocycles. The molecule has 0 spiro atoms. The van der Waals surface area contributed by atoms with Gasteiger partial charge in [0.25, 0.3) is 0 Å². The molecule has 4 N–H and O–H groups in total. The summed E-state index contributed by atoms with van der Waals surface area (Å²) >= 11 is 0. The number of aliphatic hydroxyl groups excluding tert-OH is 1. The second kappa shape index (κ2) is 6.79. The Morgan fingerprint density at radius 3 is 2.30 bits per heavy atom. The molecule has 0 aliphatic carbocycles. The highest BCUT2D eigenvalue weighted by atomic mass is 16.4. The van der Waals surface area contributed by atoms with Gasteiger partial charge in [-0.2, -0.15) is 0 Å². The van der Waals surface area contributed by atoms with Gasteiger partial charge in [-0.05, 0) is 23.8 Å². The van der Waals surface area contributed by atoms with E-state index in [0.29, 0.717) is 11.6 Å². The fraction of sp³-hybridized carbons (Fsp3) is 0. The molecule has 20 heavy (non-hydrogen) atoms. The van der Waals surface area contributed by atoms with E-state index in [0.717, 1.165) is 6.08 Å². The maximum absolute atomic E-state index is 11.2. The van der Waals surface area contributed by atoms with Crippen molar-refractivity contribution >= 4 is 17.8 Å². The number of aliphatic carboxylic acids is 1. The van der Waals surface area contributed by atoms with Crippen molar-refractivity contribution in [1.29, 1.82) is 0 Å². The van der Waals surface area contributed by atoms with Crippen LogP contribution in [0.15, 0.2) is 48.3 Å². The highest BCUT2D eigenvalue weighted by Crippen LogP contribution is 2.25. The van der Waals surface area contributed by atoms with E-state index < -0.39 is 17.5 Å². The van der Waals surface area contributed by atoms with E-state index in [2.05, 4.69) is 0 Å². The molecular formula is C14H12O6. The van der Waals surface area contributed by atoms with E-state index in [1.54, 1.807) is 12.1 Å². The smallest absolute Gasteiger partial charge is 0.371 e. The van der Waals surface area contributed by atoms with E-state index in [1.807, 2.05) is 0 Å². The molecule has 1 aromatic carbocycles. The molecule has 6 heteroatoms. The molecule has 0 saturated carbocycles. The van der Waals surface area contributed by atoms with Crippen molar-refractivity contribution in [2.24, 2.45) is 0 Å². The number of carbonyl (C=O) groups is 2. The second-order valence-electron chi connectivity index (χ2n) is 3.70. The van der Waals surface area contributed by atoms with Crippen LogP contribution in [-0.4, -0.2) is 32.2 Å². The van der Waals surface area contributed by atoms with Crippen LogP contribution >= 0.6 is 0 Å². The number of carbonyl (C=O) groups excluding carboxylic acids is 1. The highest BCUT2D eigenvalue weighted by molar-refractivity contribution is 6.03. The van der Waals surface area contributed by atoms with Crippen molar-refractivity contribution in [2.75, 3.05) is 0 Å². The molecule has 0 atom stereocenters. The predicted octanol–water partition coefficient (Wildman–Crippen LogP) is 1.76. The number of hydrogen-bond donors (Lipinski definition) is 4. The molecule has 0 saturated heterocycles. The van der Waals surface area contributed by atoms with Crippen LogP contribution in [0, 0.1) is 0 Å². The first-order valence-electron chi connectivity index (χ1n) is 5.45. The lowest BCUT2D eigenvalue weighted by atomic mass is 10.2. The zero-order chi connectivity index (χ0) is 15.1. The molecule has 0 aliphatic heterocycles. The van der Waals surface area contributed by atoms with E-state index in [9.17, 15) is 14.7 Å². The fourth-order valence-corrected chi connectivity index (χ4v) is 1.21. The zero-order valence-electron chi connectivity index (χ0n) is 10.2. The van der Waals surface area contributed by atoms with Crippen LogP contribution < -0.4 is 0 Å². The van der Waals surface area contributed by atoms with E-state index in [-0.39, 0.29) is 11.5 Å². The lowest BCUT2D eigenvalue weighted by Gasteiger charge is -1.97. The van der Waals surface area contributed by atoms with Crippen LogP contribution in [0.4, 0.5) is 0 Å². The number of carboxylic acid groups (broad SMARTS) is 1. The van der Waals surface area contributed by atoms with Crippen LogP contribution in [0.3, 0.4) is 0 Å². The number of rotatable bonds is 5. The summed E-state index contributed by atoms with van der Waals surface area (Å²) in [5, 5.41) is 35.5. The molecule has 104 valence electrons. The van der Waals surface area contributed by atoms with Gasteiger partial charge in [0, 0.05) is 6.08 Å². The topological polar surface area (TPSA) is 115 Å². The summed E-state index contributed by atoms with van der Waals surface area (Å²) in [5.41, 5.74) is 0.598. The summed E-state index contributed by atoms with van der Waals surface area (Å²) in [6.45, 7) is 0. The third kappa shape index (κ3) is 4.69. The number of hydrogen-bond acceptors (Lipinski definition) is 5. The van der Waals surface area contributed by atoms with Gasteiger partial charge in [-0.25, -0.2) is 4.79 Å². The minimum Gasteiger partial charge on any atom is -0.504 e. The summed E-state index contributed by atoms with van der Waals surface area (Å²) in [4.78, 5) is 21.4. The monoisotopic (exact) mass is 276 g/mol. The van der Waals surface area contributed by atoms with Crippen LogP contribution in [0.5, 0.6) is 11.5 Å². The van der Waals surface area contributed by atoms with Gasteiger partial charge in [-0.15, -0.1) is 0 Å². The largest absolute Gasteiger partial charge is 0.504 e. The molecule has 0 radical (unpaired) electrons. The Hall–Kier alpha value is -3.02. The van der Waals surface area contributed by atoms with E-state index >= 15 is 0 Å². The number of allylic oxidation sites excluding steroid dienone is 4. The summed E-state index contributed by atoms with van der Waals surface area (Å²) in [6, 6.07) is 4.20. The number of benzene rings is 1. The minimum absolute atomic E-state index is 0.234. The lowest BCUT2D eigenvalue weighted by Crippen LogP contribution is -2.01. The molecule has 0 amide bonds. The Bertz CT molecular complexity index is 610. The van der Waals surface area contributed by atoms with E-state index in [4.69, 9.17) is 15.3 Å². The van der Waals surface area contributed by atoms with Crippen molar-refractivity contribution in [1.82, 2.24) is 0 Å². The number of aliphatic hydroxyl groups is 1. The van der Waals surface area contributed by atoms with Gasteiger partial charge < -0.3 is 20.4 Å². The molecule has 0 bridgehead atoms. The summed E-state index contributed by atoms with van der Waals surface area (Å²) in [7, 11) is 0. The van der Waals surface area contributed by atoms with Gasteiger partial charge >= 0.3 is 5.97 Å². The van der Waals surface area contributed by atoms with Crippen molar-refractivity contribution in [3.8, 4) is 11.5 Å². The third-order valence-electron chi connectivity index (χ3n) is 2.16. The molecule has 1 rings (SSSR count). The Morgan fingerprint density at radius 2 is 1.70 bits per heavy atom. The van der Waals surface area contributed by atoms with Crippen molar-refractivity contribution in [3.63, 3.8) is 0 Å². The summed E-state index contributed by atoms with van der Waals surface area (Å²) in [6.07, 6.45) is 6.03. The molecule has 0 aromatic heterocycles. The molecule has 6 nitrogen and oxygen atoms in total. The van der Waals surface area contributed by atoms with Crippen LogP contribution in [0.2, 0.25) is 0 Å². The van der Waals surface area contributed by atoms with Crippen molar-refractivity contribution < 1.29 is 30.0 Å². The Morgan fingerprint density at radius 1 is 1.00 bits per heavy atom. The van der Waals surface area contributed by atoms with Gasteiger partial charge in [0.2, 0.25) is 5.76 Å². The molecular weight excluding hydrogens is 264 g/mol. The van der Waals surface area contributed by atoms with Crippen LogP contribution in [0.1, 0.15) is 5.56 Å². The van der Waals surface area contributed by atoms with Crippen LogP contribution in [-0.2, 0) is 9.59 Å². The zero-order valence-corrected chi connectivity index (χ0v) is 10.2.